The molecule has 3 aliphatic rings. The molecule has 3 unspecified atom stereocenters. The molecule has 1 N–H and O–H groups in total. The topological polar surface area (TPSA) is 65.6 Å². The summed E-state index contributed by atoms with van der Waals surface area (Å²) in [6.45, 7) is 3.38. The SMILES string of the molecule is Cn1cc(C2C3=C(N=CCC3N3CCOCC3)NC2Cl)cc1C#N. The zero-order chi connectivity index (χ0) is 16.7. The molecule has 7 heteroatoms. The molecule has 0 bridgehead atoms. The predicted octanol–water partition coefficient (Wildman–Crippen LogP) is 1.54. The molecular weight excluding hydrogens is 326 g/mol. The second-order valence-corrected chi connectivity index (χ2v) is 6.89. The van der Waals surface area contributed by atoms with Crippen molar-refractivity contribution >= 4 is 17.8 Å². The first-order valence-electron chi connectivity index (χ1n) is 8.24. The van der Waals surface area contributed by atoms with Gasteiger partial charge < -0.3 is 14.6 Å². The van der Waals surface area contributed by atoms with Gasteiger partial charge in [0, 0.05) is 56.5 Å². The first kappa shape index (κ1) is 15.7. The number of aliphatic imine (C=N–C) groups is 1. The van der Waals surface area contributed by atoms with Gasteiger partial charge in [-0.05, 0) is 11.6 Å². The number of alkyl halides is 1. The Morgan fingerprint density at radius 1 is 1.42 bits per heavy atom. The summed E-state index contributed by atoms with van der Waals surface area (Å²) in [5.41, 5.74) is 2.71. The first-order valence-corrected chi connectivity index (χ1v) is 8.68. The van der Waals surface area contributed by atoms with Crippen LogP contribution < -0.4 is 5.32 Å². The molecule has 0 aliphatic carbocycles. The van der Waals surface area contributed by atoms with Gasteiger partial charge >= 0.3 is 0 Å². The van der Waals surface area contributed by atoms with E-state index in [0.29, 0.717) is 5.69 Å². The number of hydrogen-bond donors (Lipinski definition) is 1. The van der Waals surface area contributed by atoms with Crippen LogP contribution in [-0.4, -0.2) is 53.5 Å². The van der Waals surface area contributed by atoms with E-state index in [0.717, 1.165) is 44.1 Å². The molecule has 1 aromatic rings. The maximum atomic E-state index is 9.25. The Morgan fingerprint density at radius 3 is 2.92 bits per heavy atom. The Bertz CT molecular complexity index is 741. The van der Waals surface area contributed by atoms with Gasteiger partial charge in [0.05, 0.1) is 13.2 Å². The summed E-state index contributed by atoms with van der Waals surface area (Å²) in [7, 11) is 1.89. The molecule has 4 rings (SSSR count). The van der Waals surface area contributed by atoms with Crippen molar-refractivity contribution in [3.8, 4) is 6.07 Å². The van der Waals surface area contributed by atoms with Gasteiger partial charge in [0.2, 0.25) is 0 Å². The monoisotopic (exact) mass is 345 g/mol. The molecule has 0 amide bonds. The van der Waals surface area contributed by atoms with Crippen molar-refractivity contribution in [3.05, 3.63) is 34.9 Å². The van der Waals surface area contributed by atoms with Crippen LogP contribution in [0.3, 0.4) is 0 Å². The van der Waals surface area contributed by atoms with E-state index in [1.807, 2.05) is 30.1 Å². The van der Waals surface area contributed by atoms with Gasteiger partial charge in [-0.15, -0.1) is 0 Å². The number of rotatable bonds is 2. The summed E-state index contributed by atoms with van der Waals surface area (Å²) in [6.07, 6.45) is 4.87. The maximum absolute atomic E-state index is 9.25. The highest BCUT2D eigenvalue weighted by Crippen LogP contribution is 2.43. The van der Waals surface area contributed by atoms with Gasteiger partial charge in [0.25, 0.3) is 0 Å². The fourth-order valence-corrected chi connectivity index (χ4v) is 4.29. The molecule has 1 fully saturated rings. The number of ether oxygens (including phenoxy) is 1. The quantitative estimate of drug-likeness (QED) is 0.652. The van der Waals surface area contributed by atoms with E-state index in [1.165, 1.54) is 5.57 Å². The maximum Gasteiger partial charge on any atom is 0.128 e. The third kappa shape index (κ3) is 2.53. The number of morpholine rings is 1. The molecule has 0 aromatic carbocycles. The van der Waals surface area contributed by atoms with Gasteiger partial charge in [0.1, 0.15) is 23.1 Å². The highest BCUT2D eigenvalue weighted by molar-refractivity contribution is 6.21. The zero-order valence-electron chi connectivity index (χ0n) is 13.6. The van der Waals surface area contributed by atoms with Crippen molar-refractivity contribution in [1.82, 2.24) is 14.8 Å². The number of halogens is 1. The molecule has 4 heterocycles. The van der Waals surface area contributed by atoms with Crippen LogP contribution in [-0.2, 0) is 11.8 Å². The average molecular weight is 346 g/mol. The van der Waals surface area contributed by atoms with Crippen molar-refractivity contribution in [1.29, 1.82) is 5.26 Å². The number of aromatic nitrogens is 1. The second kappa shape index (κ2) is 6.25. The van der Waals surface area contributed by atoms with E-state index < -0.39 is 0 Å². The molecule has 3 aliphatic heterocycles. The summed E-state index contributed by atoms with van der Waals surface area (Å²) in [6, 6.07) is 4.45. The van der Waals surface area contributed by atoms with Crippen LogP contribution in [0, 0.1) is 11.3 Å². The molecular formula is C17H20ClN5O. The van der Waals surface area contributed by atoms with Crippen molar-refractivity contribution in [2.45, 2.75) is 23.9 Å². The van der Waals surface area contributed by atoms with Gasteiger partial charge in [-0.3, -0.25) is 4.90 Å². The third-order valence-electron chi connectivity index (χ3n) is 5.07. The van der Waals surface area contributed by atoms with E-state index in [4.69, 9.17) is 16.3 Å². The van der Waals surface area contributed by atoms with E-state index >= 15 is 0 Å². The van der Waals surface area contributed by atoms with Gasteiger partial charge in [-0.1, -0.05) is 11.6 Å². The van der Waals surface area contributed by atoms with Crippen LogP contribution in [0.1, 0.15) is 23.6 Å². The molecule has 1 saturated heterocycles. The number of nitriles is 1. The summed E-state index contributed by atoms with van der Waals surface area (Å²) in [5, 5.41) is 12.6. The lowest BCUT2D eigenvalue weighted by molar-refractivity contribution is 0.0239. The Hall–Kier alpha value is -1.81. The number of nitrogens with zero attached hydrogens (tertiary/aromatic N) is 4. The van der Waals surface area contributed by atoms with Gasteiger partial charge in [0.15, 0.2) is 0 Å². The van der Waals surface area contributed by atoms with E-state index in [9.17, 15) is 5.26 Å². The standard InChI is InChI=1S/C17H20ClN5O/c1-22-10-11(8-12(22)9-19)14-15-13(23-4-6-24-7-5-23)2-3-20-17(15)21-16(14)18/h3,8,10,13-14,16,21H,2,4-7H2,1H3. The van der Waals surface area contributed by atoms with Crippen LogP contribution in [0.4, 0.5) is 0 Å². The van der Waals surface area contributed by atoms with Crippen molar-refractivity contribution in [2.24, 2.45) is 12.0 Å². The fraction of sp³-hybridized carbons (Fsp3) is 0.529. The molecule has 24 heavy (non-hydrogen) atoms. The lowest BCUT2D eigenvalue weighted by atomic mass is 9.86. The Morgan fingerprint density at radius 2 is 2.21 bits per heavy atom. The lowest BCUT2D eigenvalue weighted by Crippen LogP contribution is -2.46. The summed E-state index contributed by atoms with van der Waals surface area (Å²) in [4.78, 5) is 7.00. The second-order valence-electron chi connectivity index (χ2n) is 6.42. The van der Waals surface area contributed by atoms with Crippen molar-refractivity contribution in [2.75, 3.05) is 26.3 Å². The van der Waals surface area contributed by atoms with Crippen LogP contribution in [0.5, 0.6) is 0 Å². The van der Waals surface area contributed by atoms with Gasteiger partial charge in [-0.2, -0.15) is 5.26 Å². The minimum Gasteiger partial charge on any atom is -0.379 e. The van der Waals surface area contributed by atoms with Crippen molar-refractivity contribution in [3.63, 3.8) is 0 Å². The number of nitrogens with one attached hydrogen (secondary N) is 1. The number of hydrogen-bond acceptors (Lipinski definition) is 5. The normalized spacial score (nSPS) is 30.1. The minimum atomic E-state index is -0.247. The zero-order valence-corrected chi connectivity index (χ0v) is 14.3. The molecule has 0 saturated carbocycles. The van der Waals surface area contributed by atoms with E-state index in [-0.39, 0.29) is 17.5 Å². The average Bonchev–Trinajstić information content (AvgIpc) is 3.13. The van der Waals surface area contributed by atoms with E-state index in [2.05, 4.69) is 21.3 Å². The third-order valence-corrected chi connectivity index (χ3v) is 5.43. The number of aryl methyl sites for hydroxylation is 1. The fourth-order valence-electron chi connectivity index (χ4n) is 3.90. The minimum absolute atomic E-state index is 0.0280. The Labute approximate surface area is 146 Å². The van der Waals surface area contributed by atoms with Crippen LogP contribution >= 0.6 is 11.6 Å². The van der Waals surface area contributed by atoms with E-state index in [1.54, 1.807) is 0 Å². The Balaban J connectivity index is 1.71. The molecule has 3 atom stereocenters. The smallest absolute Gasteiger partial charge is 0.128 e. The highest BCUT2D eigenvalue weighted by atomic mass is 35.5. The largest absolute Gasteiger partial charge is 0.379 e. The highest BCUT2D eigenvalue weighted by Gasteiger charge is 2.42. The van der Waals surface area contributed by atoms with Crippen LogP contribution in [0.15, 0.2) is 28.6 Å². The molecule has 0 radical (unpaired) electrons. The Kier molecular flexibility index (Phi) is 4.09. The van der Waals surface area contributed by atoms with Crippen molar-refractivity contribution < 1.29 is 4.74 Å². The first-order chi connectivity index (χ1) is 11.7. The summed E-state index contributed by atoms with van der Waals surface area (Å²) >= 11 is 6.63. The van der Waals surface area contributed by atoms with Crippen LogP contribution in [0.25, 0.3) is 0 Å². The predicted molar refractivity (Wildman–Crippen MR) is 92.0 cm³/mol. The molecule has 1 aromatic heterocycles. The molecule has 0 spiro atoms. The molecule has 6 nitrogen and oxygen atoms in total. The summed E-state index contributed by atoms with van der Waals surface area (Å²) in [5.74, 6) is 0.922. The van der Waals surface area contributed by atoms with Crippen LogP contribution in [0.2, 0.25) is 0 Å². The lowest BCUT2D eigenvalue weighted by Gasteiger charge is -2.37. The van der Waals surface area contributed by atoms with Gasteiger partial charge in [-0.25, -0.2) is 4.99 Å². The molecule has 126 valence electrons. The summed E-state index contributed by atoms with van der Waals surface area (Å²) < 4.78 is 7.35.